The van der Waals surface area contributed by atoms with Crippen molar-refractivity contribution in [3.63, 3.8) is 0 Å². The molecule has 14 heavy (non-hydrogen) atoms. The van der Waals surface area contributed by atoms with Crippen molar-refractivity contribution < 1.29 is 0 Å². The van der Waals surface area contributed by atoms with E-state index < -0.39 is 0 Å². The van der Waals surface area contributed by atoms with Crippen molar-refractivity contribution in [3.05, 3.63) is 33.6 Å². The molecule has 2 aromatic rings. The highest BCUT2D eigenvalue weighted by Crippen LogP contribution is 2.24. The van der Waals surface area contributed by atoms with Gasteiger partial charge in [-0.25, -0.2) is 9.97 Å². The third-order valence-corrected chi connectivity index (χ3v) is 2.81. The van der Waals surface area contributed by atoms with Crippen molar-refractivity contribution in [2.24, 2.45) is 0 Å². The lowest BCUT2D eigenvalue weighted by molar-refractivity contribution is 0.951. The number of fused-ring (bicyclic) bond motifs is 1. The van der Waals surface area contributed by atoms with Gasteiger partial charge in [-0.15, -0.1) is 0 Å². The van der Waals surface area contributed by atoms with Gasteiger partial charge >= 0.3 is 0 Å². The number of nitrogens with zero attached hydrogens (tertiary/aromatic N) is 2. The fourth-order valence-electron chi connectivity index (χ4n) is 1.27. The molecular formula is C10H8BrClN2. The van der Waals surface area contributed by atoms with Crippen LogP contribution in [0.15, 0.2) is 22.8 Å². The second-order valence-corrected chi connectivity index (χ2v) is 4.13. The third-order valence-electron chi connectivity index (χ3n) is 1.97. The van der Waals surface area contributed by atoms with Crippen LogP contribution in [-0.4, -0.2) is 9.97 Å². The highest BCUT2D eigenvalue weighted by molar-refractivity contribution is 9.10. The van der Waals surface area contributed by atoms with E-state index in [1.165, 1.54) is 0 Å². The van der Waals surface area contributed by atoms with Gasteiger partial charge in [-0.1, -0.05) is 18.5 Å². The average molecular weight is 272 g/mol. The van der Waals surface area contributed by atoms with E-state index in [2.05, 4.69) is 25.9 Å². The van der Waals surface area contributed by atoms with Crippen LogP contribution >= 0.6 is 27.5 Å². The van der Waals surface area contributed by atoms with Crippen molar-refractivity contribution >= 4 is 38.4 Å². The summed E-state index contributed by atoms with van der Waals surface area (Å²) in [4.78, 5) is 8.70. The molecule has 0 aliphatic rings. The standard InChI is InChI=1S/C10H8BrClN2/c1-2-9-13-8-4-3-6(12)5-7(8)10(11)14-9/h3-5H,2H2,1H3. The van der Waals surface area contributed by atoms with Crippen LogP contribution in [0.1, 0.15) is 12.7 Å². The van der Waals surface area contributed by atoms with E-state index in [1.807, 2.05) is 25.1 Å². The van der Waals surface area contributed by atoms with Gasteiger partial charge in [0.1, 0.15) is 10.4 Å². The van der Waals surface area contributed by atoms with E-state index in [9.17, 15) is 0 Å². The number of halogens is 2. The SMILES string of the molecule is CCc1nc(Br)c2cc(Cl)ccc2n1. The van der Waals surface area contributed by atoms with E-state index in [4.69, 9.17) is 11.6 Å². The second kappa shape index (κ2) is 3.83. The minimum absolute atomic E-state index is 0.700. The number of benzene rings is 1. The molecule has 1 aromatic carbocycles. The Bertz CT molecular complexity index is 485. The molecule has 0 atom stereocenters. The fraction of sp³-hybridized carbons (Fsp3) is 0.200. The molecule has 0 radical (unpaired) electrons. The number of hydrogen-bond donors (Lipinski definition) is 0. The zero-order chi connectivity index (χ0) is 10.1. The molecule has 0 aliphatic heterocycles. The lowest BCUT2D eigenvalue weighted by Crippen LogP contribution is -1.94. The third kappa shape index (κ3) is 1.74. The minimum Gasteiger partial charge on any atom is -0.233 e. The maximum absolute atomic E-state index is 5.89. The summed E-state index contributed by atoms with van der Waals surface area (Å²) in [6, 6.07) is 5.60. The van der Waals surface area contributed by atoms with E-state index >= 15 is 0 Å². The summed E-state index contributed by atoms with van der Waals surface area (Å²) in [6.07, 6.45) is 0.831. The molecule has 4 heteroatoms. The zero-order valence-corrected chi connectivity index (χ0v) is 9.93. The Morgan fingerprint density at radius 3 is 2.86 bits per heavy atom. The number of rotatable bonds is 1. The van der Waals surface area contributed by atoms with Gasteiger partial charge in [-0.2, -0.15) is 0 Å². The first-order valence-corrected chi connectivity index (χ1v) is 5.49. The molecule has 72 valence electrons. The normalized spacial score (nSPS) is 10.8. The van der Waals surface area contributed by atoms with Gasteiger partial charge in [-0.3, -0.25) is 0 Å². The van der Waals surface area contributed by atoms with Crippen LogP contribution in [0.5, 0.6) is 0 Å². The second-order valence-electron chi connectivity index (χ2n) is 2.95. The van der Waals surface area contributed by atoms with E-state index in [0.717, 1.165) is 27.8 Å². The van der Waals surface area contributed by atoms with Crippen LogP contribution in [-0.2, 0) is 6.42 Å². The van der Waals surface area contributed by atoms with Crippen LogP contribution in [0.2, 0.25) is 5.02 Å². The molecule has 2 nitrogen and oxygen atoms in total. The van der Waals surface area contributed by atoms with Crippen molar-refractivity contribution in [2.75, 3.05) is 0 Å². The van der Waals surface area contributed by atoms with Crippen LogP contribution in [0.3, 0.4) is 0 Å². The monoisotopic (exact) mass is 270 g/mol. The summed E-state index contributed by atoms with van der Waals surface area (Å²) in [5, 5.41) is 1.65. The molecule has 0 saturated carbocycles. The van der Waals surface area contributed by atoms with E-state index in [-0.39, 0.29) is 0 Å². The molecule has 0 fully saturated rings. The van der Waals surface area contributed by atoms with Gasteiger partial charge < -0.3 is 0 Å². The molecule has 0 bridgehead atoms. The lowest BCUT2D eigenvalue weighted by atomic mass is 10.2. The Morgan fingerprint density at radius 2 is 2.14 bits per heavy atom. The Morgan fingerprint density at radius 1 is 1.36 bits per heavy atom. The quantitative estimate of drug-likeness (QED) is 0.741. The summed E-state index contributed by atoms with van der Waals surface area (Å²) >= 11 is 9.30. The topological polar surface area (TPSA) is 25.8 Å². The van der Waals surface area contributed by atoms with E-state index in [1.54, 1.807) is 0 Å². The maximum Gasteiger partial charge on any atom is 0.130 e. The predicted octanol–water partition coefficient (Wildman–Crippen LogP) is 3.61. The lowest BCUT2D eigenvalue weighted by Gasteiger charge is -2.02. The van der Waals surface area contributed by atoms with Gasteiger partial charge in [-0.05, 0) is 34.1 Å². The first-order valence-electron chi connectivity index (χ1n) is 4.32. The largest absolute Gasteiger partial charge is 0.233 e. The molecule has 1 heterocycles. The Labute approximate surface area is 95.5 Å². The van der Waals surface area contributed by atoms with Crippen LogP contribution < -0.4 is 0 Å². The summed E-state index contributed by atoms with van der Waals surface area (Å²) in [7, 11) is 0. The first-order chi connectivity index (χ1) is 6.70. The molecule has 0 unspecified atom stereocenters. The van der Waals surface area contributed by atoms with Crippen molar-refractivity contribution in [3.8, 4) is 0 Å². The maximum atomic E-state index is 5.89. The van der Waals surface area contributed by atoms with Gasteiger partial charge in [0.2, 0.25) is 0 Å². The smallest absolute Gasteiger partial charge is 0.130 e. The number of aromatic nitrogens is 2. The molecule has 0 amide bonds. The Balaban J connectivity index is 2.76. The van der Waals surface area contributed by atoms with Crippen molar-refractivity contribution in [2.45, 2.75) is 13.3 Å². The number of aryl methyl sites for hydroxylation is 1. The van der Waals surface area contributed by atoms with E-state index in [0.29, 0.717) is 5.02 Å². The summed E-state index contributed by atoms with van der Waals surface area (Å²) in [5.74, 6) is 0.840. The molecular weight excluding hydrogens is 263 g/mol. The van der Waals surface area contributed by atoms with Gasteiger partial charge in [0.05, 0.1) is 5.52 Å². The Hall–Kier alpha value is -0.670. The van der Waals surface area contributed by atoms with Crippen molar-refractivity contribution in [1.82, 2.24) is 9.97 Å². The molecule has 0 aliphatic carbocycles. The van der Waals surface area contributed by atoms with Gasteiger partial charge in [0.25, 0.3) is 0 Å². The van der Waals surface area contributed by atoms with Crippen LogP contribution in [0, 0.1) is 0 Å². The highest BCUT2D eigenvalue weighted by atomic mass is 79.9. The van der Waals surface area contributed by atoms with Crippen LogP contribution in [0.25, 0.3) is 10.9 Å². The molecule has 1 aromatic heterocycles. The molecule has 2 rings (SSSR count). The summed E-state index contributed by atoms with van der Waals surface area (Å²) in [6.45, 7) is 2.03. The average Bonchev–Trinajstić information content (AvgIpc) is 2.19. The summed E-state index contributed by atoms with van der Waals surface area (Å²) < 4.78 is 0.807. The fourth-order valence-corrected chi connectivity index (χ4v) is 1.96. The highest BCUT2D eigenvalue weighted by Gasteiger charge is 2.04. The molecule has 0 N–H and O–H groups in total. The predicted molar refractivity (Wildman–Crippen MR) is 61.6 cm³/mol. The van der Waals surface area contributed by atoms with Crippen molar-refractivity contribution in [1.29, 1.82) is 0 Å². The molecule has 0 saturated heterocycles. The van der Waals surface area contributed by atoms with Gasteiger partial charge in [0.15, 0.2) is 0 Å². The minimum atomic E-state index is 0.700. The Kier molecular flexibility index (Phi) is 2.70. The first kappa shape index (κ1) is 9.87. The van der Waals surface area contributed by atoms with Gasteiger partial charge in [0, 0.05) is 16.8 Å². The zero-order valence-electron chi connectivity index (χ0n) is 7.59. The summed E-state index contributed by atoms with van der Waals surface area (Å²) in [5.41, 5.74) is 0.924. The number of hydrogen-bond acceptors (Lipinski definition) is 2. The van der Waals surface area contributed by atoms with Crippen LogP contribution in [0.4, 0.5) is 0 Å². The molecule has 0 spiro atoms.